The number of nitrogens with one attached hydrogen (secondary N) is 1. The van der Waals surface area contributed by atoms with Gasteiger partial charge in [0.25, 0.3) is 0 Å². The summed E-state index contributed by atoms with van der Waals surface area (Å²) in [6.45, 7) is 1.48. The van der Waals surface area contributed by atoms with E-state index < -0.39 is 17.3 Å². The van der Waals surface area contributed by atoms with Crippen LogP contribution in [0.2, 0.25) is 0 Å². The van der Waals surface area contributed by atoms with Gasteiger partial charge in [0.15, 0.2) is 0 Å². The first-order valence-corrected chi connectivity index (χ1v) is 7.84. The van der Waals surface area contributed by atoms with Crippen molar-refractivity contribution in [3.63, 3.8) is 0 Å². The lowest BCUT2D eigenvalue weighted by Gasteiger charge is -2.38. The van der Waals surface area contributed by atoms with Crippen LogP contribution in [0.3, 0.4) is 0 Å². The van der Waals surface area contributed by atoms with Crippen LogP contribution in [-0.2, 0) is 19.7 Å². The summed E-state index contributed by atoms with van der Waals surface area (Å²) >= 11 is 0. The monoisotopic (exact) mass is 321 g/mol. The van der Waals surface area contributed by atoms with Crippen LogP contribution in [0.5, 0.6) is 0 Å². The van der Waals surface area contributed by atoms with Gasteiger partial charge in [-0.3, -0.25) is 9.59 Å². The van der Waals surface area contributed by atoms with Crippen LogP contribution in [0.4, 0.5) is 4.39 Å². The number of halogens is 1. The third kappa shape index (κ3) is 2.95. The van der Waals surface area contributed by atoms with Crippen LogP contribution in [0.15, 0.2) is 24.3 Å². The molecular weight excluding hydrogens is 301 g/mol. The second-order valence-corrected chi connectivity index (χ2v) is 6.47. The van der Waals surface area contributed by atoms with Crippen molar-refractivity contribution in [1.29, 1.82) is 0 Å². The summed E-state index contributed by atoms with van der Waals surface area (Å²) in [5.74, 6) is -1.78. The van der Waals surface area contributed by atoms with E-state index in [2.05, 4.69) is 5.32 Å². The number of aliphatic carboxylic acids is 1. The van der Waals surface area contributed by atoms with Crippen molar-refractivity contribution < 1.29 is 23.8 Å². The van der Waals surface area contributed by atoms with Crippen LogP contribution in [0.1, 0.15) is 31.2 Å². The Bertz CT molecular complexity index is 604. The summed E-state index contributed by atoms with van der Waals surface area (Å²) in [5.41, 5.74) is -0.631. The summed E-state index contributed by atoms with van der Waals surface area (Å²) < 4.78 is 18.6. The molecule has 3 rings (SSSR count). The summed E-state index contributed by atoms with van der Waals surface area (Å²) in [5, 5.41) is 12.0. The number of benzene rings is 1. The van der Waals surface area contributed by atoms with Gasteiger partial charge in [0.2, 0.25) is 5.91 Å². The number of hydrogen-bond acceptors (Lipinski definition) is 3. The number of hydrogen-bond donors (Lipinski definition) is 2. The van der Waals surface area contributed by atoms with E-state index in [1.165, 1.54) is 12.1 Å². The Kier molecular flexibility index (Phi) is 4.10. The van der Waals surface area contributed by atoms with Crippen molar-refractivity contribution in [1.82, 2.24) is 5.32 Å². The predicted octanol–water partition coefficient (Wildman–Crippen LogP) is 1.85. The van der Waals surface area contributed by atoms with E-state index in [9.17, 15) is 19.1 Å². The molecule has 1 aliphatic carbocycles. The molecular formula is C17H20FNO4. The Morgan fingerprint density at radius 1 is 1.13 bits per heavy atom. The van der Waals surface area contributed by atoms with Gasteiger partial charge in [-0.05, 0) is 43.4 Å². The highest BCUT2D eigenvalue weighted by Crippen LogP contribution is 2.46. The Hall–Kier alpha value is -1.95. The van der Waals surface area contributed by atoms with E-state index in [0.717, 1.165) is 5.56 Å². The predicted molar refractivity (Wildman–Crippen MR) is 80.4 cm³/mol. The first-order valence-electron chi connectivity index (χ1n) is 7.84. The van der Waals surface area contributed by atoms with Crippen molar-refractivity contribution >= 4 is 11.9 Å². The molecule has 23 heavy (non-hydrogen) atoms. The summed E-state index contributed by atoms with van der Waals surface area (Å²) in [6.07, 6.45) is 2.19. The summed E-state index contributed by atoms with van der Waals surface area (Å²) in [4.78, 5) is 23.5. The largest absolute Gasteiger partial charge is 0.480 e. The molecule has 0 aromatic heterocycles. The number of carboxylic acids is 1. The number of carbonyl (C=O) groups excluding carboxylic acids is 1. The molecule has 1 amide bonds. The molecule has 1 heterocycles. The summed E-state index contributed by atoms with van der Waals surface area (Å²) in [7, 11) is 0. The van der Waals surface area contributed by atoms with E-state index in [-0.39, 0.29) is 11.2 Å². The van der Waals surface area contributed by atoms with E-state index >= 15 is 0 Å². The van der Waals surface area contributed by atoms with E-state index in [4.69, 9.17) is 4.74 Å². The van der Waals surface area contributed by atoms with Gasteiger partial charge in [-0.2, -0.15) is 0 Å². The number of carbonyl (C=O) groups is 2. The molecule has 1 saturated carbocycles. The number of rotatable bonds is 5. The fourth-order valence-electron chi connectivity index (χ4n) is 3.21. The average Bonchev–Trinajstić information content (AvgIpc) is 3.36. The average molecular weight is 321 g/mol. The second kappa shape index (κ2) is 5.92. The quantitative estimate of drug-likeness (QED) is 0.812. The minimum atomic E-state index is -1.24. The second-order valence-electron chi connectivity index (χ2n) is 6.47. The zero-order valence-corrected chi connectivity index (χ0v) is 12.8. The fraction of sp³-hybridized carbons (Fsp3) is 0.529. The van der Waals surface area contributed by atoms with Gasteiger partial charge in [0.1, 0.15) is 11.2 Å². The Labute approximate surface area is 133 Å². The highest BCUT2D eigenvalue weighted by molar-refractivity contribution is 6.04. The molecule has 0 bridgehead atoms. The Morgan fingerprint density at radius 3 is 2.26 bits per heavy atom. The molecule has 1 aliphatic heterocycles. The normalized spacial score (nSPS) is 21.4. The number of ether oxygens (including phenoxy) is 1. The lowest BCUT2D eigenvalue weighted by atomic mass is 9.74. The molecule has 6 heteroatoms. The van der Waals surface area contributed by atoms with Gasteiger partial charge in [0.05, 0.1) is 0 Å². The van der Waals surface area contributed by atoms with Crippen molar-refractivity contribution in [2.75, 3.05) is 19.8 Å². The zero-order chi connectivity index (χ0) is 16.5. The molecule has 5 nitrogen and oxygen atoms in total. The lowest BCUT2D eigenvalue weighted by molar-refractivity contribution is -0.149. The third-order valence-electron chi connectivity index (χ3n) is 5.09. The molecule has 0 atom stereocenters. The highest BCUT2D eigenvalue weighted by Gasteiger charge is 2.57. The molecule has 0 radical (unpaired) electrons. The SMILES string of the molecule is O=C(O)C1(C(=O)NCC2(c3ccc(F)cc3)CCOCC2)CC1. The smallest absolute Gasteiger partial charge is 0.319 e. The van der Waals surface area contributed by atoms with Crippen molar-refractivity contribution in [3.05, 3.63) is 35.6 Å². The van der Waals surface area contributed by atoms with E-state index in [1.807, 2.05) is 0 Å². The fourth-order valence-corrected chi connectivity index (χ4v) is 3.21. The standard InChI is InChI=1S/C17H20FNO4/c18-13-3-1-12(2-4-13)16(7-9-23-10-8-16)11-19-14(20)17(5-6-17)15(21)22/h1-4H,5-11H2,(H,19,20)(H,21,22). The molecule has 1 aromatic rings. The lowest BCUT2D eigenvalue weighted by Crippen LogP contribution is -2.47. The van der Waals surface area contributed by atoms with Gasteiger partial charge >= 0.3 is 5.97 Å². The van der Waals surface area contributed by atoms with Gasteiger partial charge < -0.3 is 15.2 Å². The minimum Gasteiger partial charge on any atom is -0.480 e. The third-order valence-corrected chi connectivity index (χ3v) is 5.09. The minimum absolute atomic E-state index is 0.303. The molecule has 0 spiro atoms. The van der Waals surface area contributed by atoms with Crippen LogP contribution in [-0.4, -0.2) is 36.7 Å². The highest BCUT2D eigenvalue weighted by atomic mass is 19.1. The van der Waals surface area contributed by atoms with Gasteiger partial charge in [-0.1, -0.05) is 12.1 Å². The topological polar surface area (TPSA) is 75.6 Å². The number of carboxylic acid groups (broad SMARTS) is 1. The maximum absolute atomic E-state index is 13.2. The van der Waals surface area contributed by atoms with Crippen LogP contribution < -0.4 is 5.32 Å². The van der Waals surface area contributed by atoms with E-state index in [0.29, 0.717) is 45.4 Å². The van der Waals surface area contributed by atoms with E-state index in [1.54, 1.807) is 12.1 Å². The maximum Gasteiger partial charge on any atom is 0.319 e. The van der Waals surface area contributed by atoms with Crippen LogP contribution in [0, 0.1) is 11.2 Å². The molecule has 2 N–H and O–H groups in total. The first kappa shape index (κ1) is 15.9. The molecule has 2 aliphatic rings. The zero-order valence-electron chi connectivity index (χ0n) is 12.8. The van der Waals surface area contributed by atoms with Crippen molar-refractivity contribution in [2.45, 2.75) is 31.1 Å². The van der Waals surface area contributed by atoms with Crippen molar-refractivity contribution in [3.8, 4) is 0 Å². The van der Waals surface area contributed by atoms with Crippen molar-refractivity contribution in [2.24, 2.45) is 5.41 Å². The van der Waals surface area contributed by atoms with Gasteiger partial charge in [-0.25, -0.2) is 4.39 Å². The molecule has 124 valence electrons. The molecule has 0 unspecified atom stereocenters. The maximum atomic E-state index is 13.2. The van der Waals surface area contributed by atoms with Gasteiger partial charge in [-0.15, -0.1) is 0 Å². The van der Waals surface area contributed by atoms with Gasteiger partial charge in [0, 0.05) is 25.2 Å². The molecule has 2 fully saturated rings. The number of amides is 1. The molecule has 1 aromatic carbocycles. The Morgan fingerprint density at radius 2 is 1.74 bits per heavy atom. The molecule has 1 saturated heterocycles. The summed E-state index contributed by atoms with van der Waals surface area (Å²) in [6, 6.07) is 6.29. The van der Waals surface area contributed by atoms with Crippen LogP contribution >= 0.6 is 0 Å². The van der Waals surface area contributed by atoms with Crippen LogP contribution in [0.25, 0.3) is 0 Å². The Balaban J connectivity index is 1.76. The first-order chi connectivity index (χ1) is 11.0.